The van der Waals surface area contributed by atoms with Crippen molar-refractivity contribution in [2.24, 2.45) is 10.7 Å². The molecule has 48 heavy (non-hydrogen) atoms. The second-order valence-corrected chi connectivity index (χ2v) is 15.7. The molecule has 0 unspecified atom stereocenters. The third kappa shape index (κ3) is 10.7. The van der Waals surface area contributed by atoms with E-state index in [1.54, 1.807) is 34.6 Å². The van der Waals surface area contributed by atoms with Gasteiger partial charge in [0, 0.05) is 24.6 Å². The largest absolute Gasteiger partial charge is 0.487 e. The van der Waals surface area contributed by atoms with Gasteiger partial charge in [0.1, 0.15) is 29.4 Å². The minimum absolute atomic E-state index is 0.0723. The van der Waals surface area contributed by atoms with E-state index in [4.69, 9.17) is 15.2 Å². The number of sulfonamides is 1. The number of guanidine groups is 1. The van der Waals surface area contributed by atoms with Crippen molar-refractivity contribution >= 4 is 33.8 Å². The summed E-state index contributed by atoms with van der Waals surface area (Å²) in [7, 11) is -4.08. The molecule has 2 amide bonds. The first-order valence-corrected chi connectivity index (χ1v) is 17.7. The van der Waals surface area contributed by atoms with Crippen molar-refractivity contribution in [1.29, 1.82) is 0 Å². The van der Waals surface area contributed by atoms with E-state index in [1.165, 1.54) is 0 Å². The first-order chi connectivity index (χ1) is 22.2. The highest BCUT2D eigenvalue weighted by Gasteiger charge is 2.36. The van der Waals surface area contributed by atoms with Crippen molar-refractivity contribution in [3.63, 3.8) is 0 Å². The zero-order valence-electron chi connectivity index (χ0n) is 29.6. The Bertz CT molecular complexity index is 1650. The predicted octanol–water partition coefficient (Wildman–Crippen LogP) is 3.66. The molecular weight excluding hydrogens is 634 g/mol. The molecule has 3 rings (SSSR count). The fourth-order valence-electron chi connectivity index (χ4n) is 5.75. The molecule has 0 radical (unpaired) electrons. The highest BCUT2D eigenvalue weighted by atomic mass is 32.2. The summed E-state index contributed by atoms with van der Waals surface area (Å²) in [5.41, 5.74) is 8.66. The smallest absolute Gasteiger partial charge is 0.315 e. The Morgan fingerprint density at radius 3 is 2.31 bits per heavy atom. The summed E-state index contributed by atoms with van der Waals surface area (Å²) in [6, 6.07) is 8.46. The Balaban J connectivity index is 1.68. The number of rotatable bonds is 13. The molecule has 1 aliphatic heterocycles. The molecule has 5 N–H and O–H groups in total. The quantitative estimate of drug-likeness (QED) is 0.0811. The first-order valence-electron chi connectivity index (χ1n) is 16.2. The summed E-state index contributed by atoms with van der Waals surface area (Å²) < 4.78 is 40.7. The van der Waals surface area contributed by atoms with E-state index in [9.17, 15) is 22.8 Å². The SMILES string of the molecule is Cc1c(C)c(S(=O)(=O)NC(N)=NCCC[C@H](NC(=O)CC(=O)OC(C)(C)C)C(=O)N[C@@H](C)Cc2ccccc2)c(C)c2c1OC(C)(C)C2. The van der Waals surface area contributed by atoms with Crippen LogP contribution in [0.25, 0.3) is 0 Å². The average Bonchev–Trinajstić information content (AvgIpc) is 3.28. The number of carbonyl (C=O) groups excluding carboxylic acids is 3. The van der Waals surface area contributed by atoms with Crippen LogP contribution < -0.4 is 25.8 Å². The molecule has 13 heteroatoms. The second-order valence-electron chi connectivity index (χ2n) is 14.0. The highest BCUT2D eigenvalue weighted by Crippen LogP contribution is 2.43. The number of fused-ring (bicyclic) bond motifs is 1. The van der Waals surface area contributed by atoms with Crippen molar-refractivity contribution in [1.82, 2.24) is 15.4 Å². The third-order valence-corrected chi connectivity index (χ3v) is 9.51. The van der Waals surface area contributed by atoms with Crippen LogP contribution >= 0.6 is 0 Å². The molecule has 0 fully saturated rings. The maximum Gasteiger partial charge on any atom is 0.315 e. The van der Waals surface area contributed by atoms with Crippen LogP contribution in [0.15, 0.2) is 40.2 Å². The van der Waals surface area contributed by atoms with Crippen LogP contribution in [0.1, 0.15) is 88.6 Å². The third-order valence-electron chi connectivity index (χ3n) is 7.88. The van der Waals surface area contributed by atoms with Gasteiger partial charge in [-0.05, 0) is 104 Å². The van der Waals surface area contributed by atoms with Gasteiger partial charge in [0.25, 0.3) is 10.0 Å². The number of nitrogens with two attached hydrogens (primary N) is 1. The van der Waals surface area contributed by atoms with Crippen molar-refractivity contribution in [3.8, 4) is 5.75 Å². The Kier molecular flexibility index (Phi) is 12.3. The van der Waals surface area contributed by atoms with Crippen LogP contribution in [0, 0.1) is 20.8 Å². The number of ether oxygens (including phenoxy) is 2. The zero-order chi connectivity index (χ0) is 36.0. The van der Waals surface area contributed by atoms with Gasteiger partial charge in [-0.25, -0.2) is 13.1 Å². The molecule has 0 saturated carbocycles. The lowest BCUT2D eigenvalue weighted by molar-refractivity contribution is -0.156. The van der Waals surface area contributed by atoms with Crippen LogP contribution in [-0.4, -0.2) is 62.0 Å². The average molecular weight is 686 g/mol. The molecule has 264 valence electrons. The topological polar surface area (TPSA) is 178 Å². The number of hydrogen-bond donors (Lipinski definition) is 4. The van der Waals surface area contributed by atoms with Crippen molar-refractivity contribution in [2.75, 3.05) is 6.54 Å². The van der Waals surface area contributed by atoms with E-state index in [0.717, 1.165) is 22.4 Å². The van der Waals surface area contributed by atoms with Crippen LogP contribution in [0.3, 0.4) is 0 Å². The Morgan fingerprint density at radius 1 is 1.04 bits per heavy atom. The van der Waals surface area contributed by atoms with Crippen LogP contribution in [-0.2, 0) is 42.0 Å². The Hall–Kier alpha value is -4.13. The number of benzene rings is 2. The van der Waals surface area contributed by atoms with E-state index in [0.29, 0.717) is 24.0 Å². The molecule has 0 aromatic heterocycles. The fraction of sp³-hybridized carbons (Fsp3) is 0.543. The van der Waals surface area contributed by atoms with Gasteiger partial charge >= 0.3 is 5.97 Å². The summed E-state index contributed by atoms with van der Waals surface area (Å²) in [6.45, 7) is 16.3. The van der Waals surface area contributed by atoms with Crippen molar-refractivity contribution in [3.05, 3.63) is 58.1 Å². The lowest BCUT2D eigenvalue weighted by Crippen LogP contribution is -2.50. The van der Waals surface area contributed by atoms with Gasteiger partial charge in [-0.2, -0.15) is 0 Å². The summed E-state index contributed by atoms with van der Waals surface area (Å²) in [5, 5.41) is 5.57. The van der Waals surface area contributed by atoms with E-state index in [1.807, 2.05) is 58.0 Å². The molecule has 0 saturated heterocycles. The Morgan fingerprint density at radius 2 is 1.69 bits per heavy atom. The van der Waals surface area contributed by atoms with E-state index in [2.05, 4.69) is 20.3 Å². The number of aliphatic imine (C=N–C) groups is 1. The number of carbonyl (C=O) groups is 3. The summed E-state index contributed by atoms with van der Waals surface area (Å²) in [5.74, 6) is -1.35. The number of esters is 1. The summed E-state index contributed by atoms with van der Waals surface area (Å²) in [6.07, 6.45) is 1.06. The highest BCUT2D eigenvalue weighted by molar-refractivity contribution is 7.90. The van der Waals surface area contributed by atoms with Crippen molar-refractivity contribution in [2.45, 2.75) is 123 Å². The van der Waals surface area contributed by atoms with Gasteiger partial charge < -0.3 is 25.8 Å². The lowest BCUT2D eigenvalue weighted by Gasteiger charge is -2.22. The van der Waals surface area contributed by atoms with Crippen LogP contribution in [0.4, 0.5) is 0 Å². The lowest BCUT2D eigenvalue weighted by atomic mass is 9.94. The number of nitrogens with zero attached hydrogens (tertiary/aromatic N) is 1. The predicted molar refractivity (Wildman–Crippen MR) is 185 cm³/mol. The van der Waals surface area contributed by atoms with Crippen LogP contribution in [0.5, 0.6) is 5.75 Å². The van der Waals surface area contributed by atoms with Gasteiger partial charge in [0.15, 0.2) is 0 Å². The molecule has 2 aromatic carbocycles. The summed E-state index contributed by atoms with van der Waals surface area (Å²) >= 11 is 0. The van der Waals surface area contributed by atoms with E-state index >= 15 is 0 Å². The molecule has 2 atom stereocenters. The molecule has 0 spiro atoms. The molecular formula is C35H51N5O7S. The zero-order valence-corrected chi connectivity index (χ0v) is 30.4. The Labute approximate surface area is 284 Å². The maximum absolute atomic E-state index is 13.5. The minimum Gasteiger partial charge on any atom is -0.487 e. The standard InChI is InChI=1S/C35H51N5O7S/c1-21(18-25-14-11-10-12-15-25)38-32(43)27(39-28(41)19-29(42)46-34(5,6)7)16-13-17-37-33(36)40-48(44,45)31-23(3)22(2)30-26(24(31)4)20-35(8,9)47-30/h10-12,14-15,21,27H,13,16-20H2,1-9H3,(H,38,43)(H,39,41)(H3,36,37,40)/t21-,27-/m0/s1. The molecule has 0 aliphatic carbocycles. The monoisotopic (exact) mass is 685 g/mol. The van der Waals surface area contributed by atoms with Gasteiger partial charge in [0.2, 0.25) is 17.8 Å². The maximum atomic E-state index is 13.5. The number of amides is 2. The van der Waals surface area contributed by atoms with Gasteiger partial charge in [-0.1, -0.05) is 30.3 Å². The fourth-order valence-corrected chi connectivity index (χ4v) is 7.27. The molecule has 1 heterocycles. The normalized spacial score (nSPS) is 15.5. The van der Waals surface area contributed by atoms with Gasteiger partial charge in [-0.3, -0.25) is 19.4 Å². The molecule has 2 aromatic rings. The van der Waals surface area contributed by atoms with Gasteiger partial charge in [-0.15, -0.1) is 0 Å². The number of nitrogens with one attached hydrogen (secondary N) is 3. The molecule has 0 bridgehead atoms. The molecule has 1 aliphatic rings. The second kappa shape index (κ2) is 15.4. The minimum atomic E-state index is -4.08. The first kappa shape index (κ1) is 38.3. The summed E-state index contributed by atoms with van der Waals surface area (Å²) in [4.78, 5) is 42.6. The van der Waals surface area contributed by atoms with Gasteiger partial charge in [0.05, 0.1) is 4.90 Å². The van der Waals surface area contributed by atoms with Crippen LogP contribution in [0.2, 0.25) is 0 Å². The van der Waals surface area contributed by atoms with E-state index < -0.39 is 51.5 Å². The molecule has 12 nitrogen and oxygen atoms in total. The number of hydrogen-bond acceptors (Lipinski definition) is 8. The van der Waals surface area contributed by atoms with E-state index in [-0.39, 0.29) is 36.3 Å². The van der Waals surface area contributed by atoms with Crippen molar-refractivity contribution < 1.29 is 32.3 Å².